The molecule has 0 bridgehead atoms. The van der Waals surface area contributed by atoms with E-state index in [0.29, 0.717) is 0 Å². The van der Waals surface area contributed by atoms with Gasteiger partial charge in [-0.05, 0) is 18.8 Å². The topological polar surface area (TPSA) is 179 Å². The lowest BCUT2D eigenvalue weighted by Gasteiger charge is -2.23. The summed E-state index contributed by atoms with van der Waals surface area (Å²) in [5.41, 5.74) is 5.58. The van der Waals surface area contributed by atoms with Crippen molar-refractivity contribution in [3.05, 3.63) is 0 Å². The molecule has 0 aliphatic carbocycles. The Morgan fingerprint density at radius 2 is 1.54 bits per heavy atom. The fourth-order valence-electron chi connectivity index (χ4n) is 1.85. The SMILES string of the molecule is CC(C)CC(NC(=O)C(N)CCC(=O)O)C(=O)NC(CO)C(=O)O. The minimum atomic E-state index is -1.48. The quantitative estimate of drug-likeness (QED) is 0.255. The Bertz CT molecular complexity index is 467. The molecule has 0 radical (unpaired) electrons. The average Bonchev–Trinajstić information content (AvgIpc) is 2.48. The first kappa shape index (κ1) is 21.8. The van der Waals surface area contributed by atoms with Gasteiger partial charge in [-0.3, -0.25) is 14.4 Å². The Kier molecular flexibility index (Phi) is 9.58. The van der Waals surface area contributed by atoms with E-state index in [4.69, 9.17) is 21.1 Å². The van der Waals surface area contributed by atoms with E-state index in [1.807, 2.05) is 0 Å². The molecule has 10 heteroatoms. The zero-order valence-corrected chi connectivity index (χ0v) is 13.7. The van der Waals surface area contributed by atoms with Gasteiger partial charge in [-0.15, -0.1) is 0 Å². The molecule has 0 saturated carbocycles. The van der Waals surface area contributed by atoms with Crippen molar-refractivity contribution in [3.63, 3.8) is 0 Å². The van der Waals surface area contributed by atoms with Gasteiger partial charge in [0.15, 0.2) is 0 Å². The summed E-state index contributed by atoms with van der Waals surface area (Å²) in [5.74, 6) is -3.95. The van der Waals surface area contributed by atoms with E-state index >= 15 is 0 Å². The number of hydrogen-bond donors (Lipinski definition) is 6. The van der Waals surface area contributed by atoms with E-state index in [1.165, 1.54) is 0 Å². The number of aliphatic hydroxyl groups excluding tert-OH is 1. The van der Waals surface area contributed by atoms with Crippen LogP contribution in [0.15, 0.2) is 0 Å². The van der Waals surface area contributed by atoms with Gasteiger partial charge in [0.05, 0.1) is 12.6 Å². The van der Waals surface area contributed by atoms with Gasteiger partial charge in [-0.1, -0.05) is 13.8 Å². The molecule has 24 heavy (non-hydrogen) atoms. The highest BCUT2D eigenvalue weighted by atomic mass is 16.4. The van der Waals surface area contributed by atoms with Gasteiger partial charge in [0.1, 0.15) is 12.1 Å². The summed E-state index contributed by atoms with van der Waals surface area (Å²) < 4.78 is 0. The summed E-state index contributed by atoms with van der Waals surface area (Å²) in [6.07, 6.45) is -0.159. The molecule has 0 aromatic carbocycles. The molecule has 0 aliphatic heterocycles. The smallest absolute Gasteiger partial charge is 0.328 e. The van der Waals surface area contributed by atoms with Crippen molar-refractivity contribution in [1.29, 1.82) is 0 Å². The van der Waals surface area contributed by atoms with Crippen LogP contribution in [0.4, 0.5) is 0 Å². The number of carbonyl (C=O) groups is 4. The van der Waals surface area contributed by atoms with Crippen molar-refractivity contribution in [2.24, 2.45) is 11.7 Å². The highest BCUT2D eigenvalue weighted by molar-refractivity contribution is 5.91. The predicted octanol–water partition coefficient (Wildman–Crippen LogP) is -1.73. The van der Waals surface area contributed by atoms with Crippen LogP contribution in [0.5, 0.6) is 0 Å². The molecule has 0 spiro atoms. The van der Waals surface area contributed by atoms with Crippen LogP contribution >= 0.6 is 0 Å². The number of carbonyl (C=O) groups excluding carboxylic acids is 2. The molecule has 10 nitrogen and oxygen atoms in total. The highest BCUT2D eigenvalue weighted by Gasteiger charge is 2.28. The summed E-state index contributed by atoms with van der Waals surface area (Å²) in [4.78, 5) is 45.5. The number of aliphatic carboxylic acids is 2. The van der Waals surface area contributed by atoms with E-state index in [1.54, 1.807) is 13.8 Å². The minimum absolute atomic E-state index is 0.00805. The second kappa shape index (κ2) is 10.6. The number of nitrogens with two attached hydrogens (primary N) is 1. The monoisotopic (exact) mass is 347 g/mol. The van der Waals surface area contributed by atoms with Crippen LogP contribution in [-0.4, -0.2) is 63.8 Å². The van der Waals surface area contributed by atoms with E-state index < -0.39 is 48.5 Å². The van der Waals surface area contributed by atoms with Crippen molar-refractivity contribution >= 4 is 23.8 Å². The average molecular weight is 347 g/mol. The van der Waals surface area contributed by atoms with Gasteiger partial charge in [-0.2, -0.15) is 0 Å². The molecule has 0 saturated heterocycles. The molecular weight excluding hydrogens is 322 g/mol. The van der Waals surface area contributed by atoms with E-state index in [0.717, 1.165) is 0 Å². The van der Waals surface area contributed by atoms with Crippen molar-refractivity contribution in [2.75, 3.05) is 6.61 Å². The number of aliphatic hydroxyl groups is 1. The van der Waals surface area contributed by atoms with Gasteiger partial charge in [0, 0.05) is 6.42 Å². The maximum absolute atomic E-state index is 12.1. The first-order valence-corrected chi connectivity index (χ1v) is 7.50. The summed E-state index contributed by atoms with van der Waals surface area (Å²) in [6.45, 7) is 2.82. The third-order valence-corrected chi connectivity index (χ3v) is 3.14. The Balaban J connectivity index is 4.86. The van der Waals surface area contributed by atoms with Gasteiger partial charge in [0.25, 0.3) is 0 Å². The molecule has 0 fully saturated rings. The molecule has 0 aromatic heterocycles. The number of nitrogens with one attached hydrogen (secondary N) is 2. The predicted molar refractivity (Wildman–Crippen MR) is 82.9 cm³/mol. The molecule has 7 N–H and O–H groups in total. The Labute approximate surface area is 139 Å². The lowest BCUT2D eigenvalue weighted by Crippen LogP contribution is -2.55. The molecular formula is C14H25N3O7. The van der Waals surface area contributed by atoms with E-state index in [9.17, 15) is 19.2 Å². The van der Waals surface area contributed by atoms with Crippen LogP contribution in [0.1, 0.15) is 33.1 Å². The molecule has 138 valence electrons. The van der Waals surface area contributed by atoms with Crippen LogP contribution in [-0.2, 0) is 19.2 Å². The lowest BCUT2D eigenvalue weighted by molar-refractivity contribution is -0.143. The molecule has 0 heterocycles. The van der Waals surface area contributed by atoms with E-state index in [2.05, 4.69) is 10.6 Å². The Morgan fingerprint density at radius 1 is 1.00 bits per heavy atom. The molecule has 0 rings (SSSR count). The fraction of sp³-hybridized carbons (Fsp3) is 0.714. The van der Waals surface area contributed by atoms with Crippen molar-refractivity contribution in [1.82, 2.24) is 10.6 Å². The fourth-order valence-corrected chi connectivity index (χ4v) is 1.85. The number of amides is 2. The maximum atomic E-state index is 12.1. The summed E-state index contributed by atoms with van der Waals surface area (Å²) in [6, 6.07) is -3.62. The van der Waals surface area contributed by atoms with Crippen molar-refractivity contribution in [3.8, 4) is 0 Å². The molecule has 3 atom stereocenters. The first-order chi connectivity index (χ1) is 11.1. The van der Waals surface area contributed by atoms with Gasteiger partial charge in [-0.25, -0.2) is 4.79 Å². The normalized spacial score (nSPS) is 14.5. The van der Waals surface area contributed by atoms with Gasteiger partial charge in [0.2, 0.25) is 11.8 Å². The maximum Gasteiger partial charge on any atom is 0.328 e. The van der Waals surface area contributed by atoms with Crippen LogP contribution in [0.3, 0.4) is 0 Å². The van der Waals surface area contributed by atoms with Gasteiger partial charge < -0.3 is 31.7 Å². The highest BCUT2D eigenvalue weighted by Crippen LogP contribution is 2.06. The molecule has 3 unspecified atom stereocenters. The van der Waals surface area contributed by atoms with Crippen molar-refractivity contribution < 1.29 is 34.5 Å². The third kappa shape index (κ3) is 8.44. The zero-order chi connectivity index (χ0) is 18.9. The van der Waals surface area contributed by atoms with Crippen molar-refractivity contribution in [2.45, 2.75) is 51.2 Å². The molecule has 0 aliphatic rings. The Morgan fingerprint density at radius 3 is 1.96 bits per heavy atom. The van der Waals surface area contributed by atoms with Crippen LogP contribution in [0, 0.1) is 5.92 Å². The third-order valence-electron chi connectivity index (χ3n) is 3.14. The summed E-state index contributed by atoms with van der Waals surface area (Å²) in [5, 5.41) is 30.9. The second-order valence-electron chi connectivity index (χ2n) is 5.81. The zero-order valence-electron chi connectivity index (χ0n) is 13.7. The van der Waals surface area contributed by atoms with Gasteiger partial charge >= 0.3 is 11.9 Å². The number of hydrogen-bond acceptors (Lipinski definition) is 6. The van der Waals surface area contributed by atoms with Crippen LogP contribution in [0.25, 0.3) is 0 Å². The number of rotatable bonds is 11. The molecule has 0 aromatic rings. The summed E-state index contributed by atoms with van der Waals surface area (Å²) in [7, 11) is 0. The standard InChI is InChI=1S/C14H25N3O7/c1-7(2)5-9(13(22)17-10(6-18)14(23)24)16-12(21)8(15)3-4-11(19)20/h7-10,18H,3-6,15H2,1-2H3,(H,16,21)(H,17,22)(H,19,20)(H,23,24). The Hall–Kier alpha value is -2.20. The van der Waals surface area contributed by atoms with E-state index in [-0.39, 0.29) is 25.2 Å². The first-order valence-electron chi connectivity index (χ1n) is 7.50. The summed E-state index contributed by atoms with van der Waals surface area (Å²) >= 11 is 0. The minimum Gasteiger partial charge on any atom is -0.481 e. The lowest BCUT2D eigenvalue weighted by atomic mass is 10.0. The molecule has 2 amide bonds. The second-order valence-corrected chi connectivity index (χ2v) is 5.81. The van der Waals surface area contributed by atoms with Crippen LogP contribution in [0.2, 0.25) is 0 Å². The number of carboxylic acids is 2. The van der Waals surface area contributed by atoms with Crippen LogP contribution < -0.4 is 16.4 Å². The largest absolute Gasteiger partial charge is 0.481 e. The number of carboxylic acid groups (broad SMARTS) is 2.